The van der Waals surface area contributed by atoms with Gasteiger partial charge in [-0.2, -0.15) is 0 Å². The molecule has 0 bridgehead atoms. The molecule has 1 N–H and O–H groups in total. The largest absolute Gasteiger partial charge is 0.480 e. The number of amides is 1. The van der Waals surface area contributed by atoms with E-state index in [1.54, 1.807) is 13.0 Å². The minimum Gasteiger partial charge on any atom is -0.480 e. The molecule has 2 heterocycles. The minimum absolute atomic E-state index is 0.302. The van der Waals surface area contributed by atoms with E-state index in [-0.39, 0.29) is 5.91 Å². The van der Waals surface area contributed by atoms with Crippen LogP contribution in [0.4, 0.5) is 0 Å². The second-order valence-electron chi connectivity index (χ2n) is 5.21. The number of carbonyl (C=O) groups is 2. The topological polar surface area (TPSA) is 70.8 Å². The molecule has 0 radical (unpaired) electrons. The second-order valence-corrected chi connectivity index (χ2v) is 5.21. The van der Waals surface area contributed by atoms with Gasteiger partial charge in [0.1, 0.15) is 18.1 Å². The first-order chi connectivity index (χ1) is 10.1. The van der Waals surface area contributed by atoms with Crippen molar-refractivity contribution in [2.75, 3.05) is 0 Å². The van der Waals surface area contributed by atoms with Crippen LogP contribution >= 0.6 is 0 Å². The molecule has 3 rings (SSSR count). The minimum atomic E-state index is -0.988. The SMILES string of the molecule is Cc1cc(C(=O)N2Cc3ccccc3CC2C(=O)O)co1. The molecule has 2 aromatic rings. The number of aryl methyl sites for hydroxylation is 1. The van der Waals surface area contributed by atoms with Crippen molar-refractivity contribution in [3.8, 4) is 0 Å². The Hall–Kier alpha value is -2.56. The van der Waals surface area contributed by atoms with Crippen LogP contribution in [0.25, 0.3) is 0 Å². The molecule has 0 spiro atoms. The van der Waals surface area contributed by atoms with Gasteiger partial charge in [-0.3, -0.25) is 4.79 Å². The molecule has 1 atom stereocenters. The van der Waals surface area contributed by atoms with Crippen LogP contribution in [0.15, 0.2) is 41.0 Å². The summed E-state index contributed by atoms with van der Waals surface area (Å²) in [4.78, 5) is 25.4. The van der Waals surface area contributed by atoms with E-state index >= 15 is 0 Å². The lowest BCUT2D eigenvalue weighted by atomic mass is 9.93. The zero-order chi connectivity index (χ0) is 15.0. The van der Waals surface area contributed by atoms with Crippen molar-refractivity contribution in [2.24, 2.45) is 0 Å². The first kappa shape index (κ1) is 13.4. The lowest BCUT2D eigenvalue weighted by molar-refractivity contribution is -0.142. The average molecular weight is 285 g/mol. The predicted molar refractivity (Wildman–Crippen MR) is 74.9 cm³/mol. The van der Waals surface area contributed by atoms with Gasteiger partial charge in [-0.25, -0.2) is 4.79 Å². The van der Waals surface area contributed by atoms with Crippen molar-refractivity contribution < 1.29 is 19.1 Å². The molecule has 0 aliphatic carbocycles. The van der Waals surface area contributed by atoms with Crippen LogP contribution in [0.5, 0.6) is 0 Å². The van der Waals surface area contributed by atoms with Crippen molar-refractivity contribution in [3.63, 3.8) is 0 Å². The van der Waals surface area contributed by atoms with Crippen LogP contribution in [-0.4, -0.2) is 27.9 Å². The summed E-state index contributed by atoms with van der Waals surface area (Å²) in [7, 11) is 0. The molecule has 1 aromatic heterocycles. The monoisotopic (exact) mass is 285 g/mol. The summed E-state index contributed by atoms with van der Waals surface area (Å²) >= 11 is 0. The molecule has 0 saturated carbocycles. The summed E-state index contributed by atoms with van der Waals surface area (Å²) in [6.07, 6.45) is 1.70. The molecule has 108 valence electrons. The highest BCUT2D eigenvalue weighted by atomic mass is 16.4. The zero-order valence-corrected chi connectivity index (χ0v) is 11.6. The van der Waals surface area contributed by atoms with Crippen molar-refractivity contribution in [1.82, 2.24) is 4.90 Å². The standard InChI is InChI=1S/C16H15NO4/c1-10-6-13(9-21-10)15(18)17-8-12-5-3-2-4-11(12)7-14(17)16(19)20/h2-6,9,14H,7-8H2,1H3,(H,19,20). The number of furan rings is 1. The van der Waals surface area contributed by atoms with Gasteiger partial charge >= 0.3 is 5.97 Å². The molecular formula is C16H15NO4. The Morgan fingerprint density at radius 3 is 2.62 bits per heavy atom. The summed E-state index contributed by atoms with van der Waals surface area (Å²) in [5.41, 5.74) is 2.36. The number of carboxylic acid groups (broad SMARTS) is 1. The first-order valence-electron chi connectivity index (χ1n) is 6.72. The van der Waals surface area contributed by atoms with Gasteiger partial charge in [0.15, 0.2) is 0 Å². The van der Waals surface area contributed by atoms with Gasteiger partial charge in [0.2, 0.25) is 0 Å². The highest BCUT2D eigenvalue weighted by molar-refractivity contribution is 5.96. The Bertz CT molecular complexity index is 704. The third-order valence-electron chi connectivity index (χ3n) is 3.77. The maximum atomic E-state index is 12.5. The predicted octanol–water partition coefficient (Wildman–Crippen LogP) is 2.24. The molecule has 5 nitrogen and oxygen atoms in total. The zero-order valence-electron chi connectivity index (χ0n) is 11.6. The number of carbonyl (C=O) groups excluding carboxylic acids is 1. The van der Waals surface area contributed by atoms with Crippen LogP contribution < -0.4 is 0 Å². The number of nitrogens with zero attached hydrogens (tertiary/aromatic N) is 1. The van der Waals surface area contributed by atoms with Crippen molar-refractivity contribution in [1.29, 1.82) is 0 Å². The van der Waals surface area contributed by atoms with E-state index in [0.717, 1.165) is 11.1 Å². The second kappa shape index (κ2) is 5.09. The Morgan fingerprint density at radius 1 is 1.29 bits per heavy atom. The highest BCUT2D eigenvalue weighted by Gasteiger charge is 2.35. The van der Waals surface area contributed by atoms with Gasteiger partial charge in [-0.1, -0.05) is 24.3 Å². The maximum Gasteiger partial charge on any atom is 0.326 e. The lowest BCUT2D eigenvalue weighted by Crippen LogP contribution is -2.48. The molecule has 1 aromatic carbocycles. The van der Waals surface area contributed by atoms with Gasteiger partial charge in [-0.05, 0) is 24.1 Å². The van der Waals surface area contributed by atoms with Crippen molar-refractivity contribution in [2.45, 2.75) is 25.9 Å². The fraction of sp³-hybridized carbons (Fsp3) is 0.250. The molecule has 1 aliphatic heterocycles. The number of rotatable bonds is 2. The fourth-order valence-corrected chi connectivity index (χ4v) is 2.68. The van der Waals surface area contributed by atoms with E-state index in [2.05, 4.69) is 0 Å². The molecule has 1 unspecified atom stereocenters. The highest BCUT2D eigenvalue weighted by Crippen LogP contribution is 2.25. The number of hydrogen-bond donors (Lipinski definition) is 1. The molecule has 21 heavy (non-hydrogen) atoms. The smallest absolute Gasteiger partial charge is 0.326 e. The molecule has 1 amide bonds. The summed E-state index contributed by atoms with van der Waals surface area (Å²) in [6, 6.07) is 8.40. The van der Waals surface area contributed by atoms with E-state index in [0.29, 0.717) is 24.3 Å². The number of carboxylic acids is 1. The number of benzene rings is 1. The normalized spacial score (nSPS) is 17.4. The van der Waals surface area contributed by atoms with E-state index < -0.39 is 12.0 Å². The summed E-state index contributed by atoms with van der Waals surface area (Å²) in [5.74, 6) is -0.672. The first-order valence-corrected chi connectivity index (χ1v) is 6.72. The summed E-state index contributed by atoms with van der Waals surface area (Å²) in [6.45, 7) is 2.05. The Balaban J connectivity index is 1.96. The number of aliphatic carboxylic acids is 1. The van der Waals surface area contributed by atoms with Gasteiger partial charge in [0.05, 0.1) is 5.56 Å². The van der Waals surface area contributed by atoms with Crippen LogP contribution in [0.2, 0.25) is 0 Å². The summed E-state index contributed by atoms with van der Waals surface area (Å²) < 4.78 is 5.15. The lowest BCUT2D eigenvalue weighted by Gasteiger charge is -2.34. The van der Waals surface area contributed by atoms with Crippen LogP contribution in [-0.2, 0) is 17.8 Å². The third kappa shape index (κ3) is 2.42. The Kier molecular flexibility index (Phi) is 3.25. The van der Waals surface area contributed by atoms with Gasteiger partial charge in [0.25, 0.3) is 5.91 Å². The quantitative estimate of drug-likeness (QED) is 0.918. The van der Waals surface area contributed by atoms with Crippen molar-refractivity contribution >= 4 is 11.9 Å². The fourth-order valence-electron chi connectivity index (χ4n) is 2.68. The molecule has 5 heteroatoms. The Morgan fingerprint density at radius 2 is 2.00 bits per heavy atom. The van der Waals surface area contributed by atoms with Gasteiger partial charge in [-0.15, -0.1) is 0 Å². The van der Waals surface area contributed by atoms with Crippen LogP contribution in [0, 0.1) is 6.92 Å². The van der Waals surface area contributed by atoms with Crippen molar-refractivity contribution in [3.05, 3.63) is 59.0 Å². The van der Waals surface area contributed by atoms with Crippen LogP contribution in [0.1, 0.15) is 27.2 Å². The maximum absolute atomic E-state index is 12.5. The number of hydrogen-bond acceptors (Lipinski definition) is 3. The summed E-state index contributed by atoms with van der Waals surface area (Å²) in [5, 5.41) is 9.42. The van der Waals surface area contributed by atoms with E-state index in [9.17, 15) is 14.7 Å². The molecule has 0 fully saturated rings. The van der Waals surface area contributed by atoms with Crippen LogP contribution in [0.3, 0.4) is 0 Å². The number of fused-ring (bicyclic) bond motifs is 1. The third-order valence-corrected chi connectivity index (χ3v) is 3.77. The molecule has 0 saturated heterocycles. The average Bonchev–Trinajstić information content (AvgIpc) is 2.91. The van der Waals surface area contributed by atoms with Gasteiger partial charge < -0.3 is 14.4 Å². The van der Waals surface area contributed by atoms with E-state index in [1.807, 2.05) is 24.3 Å². The molecule has 1 aliphatic rings. The van der Waals surface area contributed by atoms with E-state index in [1.165, 1.54) is 11.2 Å². The Labute approximate surface area is 121 Å². The van der Waals surface area contributed by atoms with E-state index in [4.69, 9.17) is 4.42 Å². The van der Waals surface area contributed by atoms with Gasteiger partial charge in [0, 0.05) is 13.0 Å². The molecular weight excluding hydrogens is 270 g/mol.